The fourth-order valence-electron chi connectivity index (χ4n) is 2.69. The highest BCUT2D eigenvalue weighted by atomic mass is 32.2. The standard InChI is InChI=1S/C15H19FN2O2S/c16-14-9-6-10-15(13(14)11-17)21(19,20)18-12-7-4-2-1-3-5-8-12/h6,9-10,12,18H,1-5,7-8H2. The van der Waals surface area contributed by atoms with Gasteiger partial charge in [0.05, 0.1) is 0 Å². The van der Waals surface area contributed by atoms with Gasteiger partial charge in [0, 0.05) is 6.04 Å². The molecule has 0 heterocycles. The topological polar surface area (TPSA) is 70.0 Å². The minimum Gasteiger partial charge on any atom is -0.208 e. The lowest BCUT2D eigenvalue weighted by atomic mass is 9.97. The van der Waals surface area contributed by atoms with Crippen LogP contribution >= 0.6 is 0 Å². The van der Waals surface area contributed by atoms with Gasteiger partial charge in [-0.3, -0.25) is 0 Å². The van der Waals surface area contributed by atoms with Crippen molar-refractivity contribution in [3.05, 3.63) is 29.6 Å². The highest BCUT2D eigenvalue weighted by molar-refractivity contribution is 7.89. The Morgan fingerprint density at radius 1 is 1.14 bits per heavy atom. The summed E-state index contributed by atoms with van der Waals surface area (Å²) in [5.41, 5.74) is -0.421. The molecule has 1 aromatic rings. The molecule has 2 rings (SSSR count). The van der Waals surface area contributed by atoms with Gasteiger partial charge in [0.15, 0.2) is 0 Å². The fraction of sp³-hybridized carbons (Fsp3) is 0.533. The summed E-state index contributed by atoms with van der Waals surface area (Å²) < 4.78 is 41.0. The highest BCUT2D eigenvalue weighted by Gasteiger charge is 2.24. The Kier molecular flexibility index (Phi) is 5.32. The third-order valence-electron chi connectivity index (χ3n) is 3.80. The monoisotopic (exact) mass is 310 g/mol. The number of hydrogen-bond donors (Lipinski definition) is 1. The Labute approximate surface area is 125 Å². The quantitative estimate of drug-likeness (QED) is 0.932. The number of rotatable bonds is 3. The first-order valence-electron chi connectivity index (χ1n) is 7.25. The molecule has 0 aromatic heterocycles. The number of sulfonamides is 1. The van der Waals surface area contributed by atoms with E-state index in [4.69, 9.17) is 5.26 Å². The fourth-order valence-corrected chi connectivity index (χ4v) is 4.16. The van der Waals surface area contributed by atoms with Gasteiger partial charge in [0.1, 0.15) is 22.3 Å². The zero-order chi connectivity index (χ0) is 15.3. The van der Waals surface area contributed by atoms with Crippen molar-refractivity contribution in [3.63, 3.8) is 0 Å². The molecule has 21 heavy (non-hydrogen) atoms. The Morgan fingerprint density at radius 2 is 1.76 bits per heavy atom. The number of nitrogens with zero attached hydrogens (tertiary/aromatic N) is 1. The molecule has 0 radical (unpaired) electrons. The first-order chi connectivity index (χ1) is 10.0. The summed E-state index contributed by atoms with van der Waals surface area (Å²) in [6, 6.07) is 5.17. The maximum Gasteiger partial charge on any atom is 0.242 e. The van der Waals surface area contributed by atoms with Crippen molar-refractivity contribution < 1.29 is 12.8 Å². The van der Waals surface area contributed by atoms with Crippen molar-refractivity contribution in [1.29, 1.82) is 5.26 Å². The Hall–Kier alpha value is -1.45. The van der Waals surface area contributed by atoms with E-state index in [1.165, 1.54) is 18.6 Å². The minimum absolute atomic E-state index is 0.134. The molecule has 114 valence electrons. The lowest BCUT2D eigenvalue weighted by Gasteiger charge is -2.21. The zero-order valence-electron chi connectivity index (χ0n) is 11.8. The van der Waals surface area contributed by atoms with Crippen LogP contribution in [0.4, 0.5) is 4.39 Å². The second kappa shape index (κ2) is 7.01. The Balaban J connectivity index is 2.22. The number of nitrogens with one attached hydrogen (secondary N) is 1. The van der Waals surface area contributed by atoms with E-state index in [0.29, 0.717) is 0 Å². The number of hydrogen-bond acceptors (Lipinski definition) is 3. The summed E-state index contributed by atoms with van der Waals surface area (Å²) >= 11 is 0. The van der Waals surface area contributed by atoms with Crippen LogP contribution in [0.5, 0.6) is 0 Å². The average molecular weight is 310 g/mol. The van der Waals surface area contributed by atoms with Gasteiger partial charge in [-0.1, -0.05) is 38.2 Å². The van der Waals surface area contributed by atoms with Crippen LogP contribution in [0.1, 0.15) is 50.5 Å². The highest BCUT2D eigenvalue weighted by Crippen LogP contribution is 2.22. The zero-order valence-corrected chi connectivity index (χ0v) is 12.6. The van der Waals surface area contributed by atoms with Gasteiger partial charge in [-0.2, -0.15) is 5.26 Å². The van der Waals surface area contributed by atoms with Gasteiger partial charge in [-0.25, -0.2) is 17.5 Å². The van der Waals surface area contributed by atoms with Crippen LogP contribution in [0.3, 0.4) is 0 Å². The summed E-state index contributed by atoms with van der Waals surface area (Å²) in [6.07, 6.45) is 6.97. The molecular formula is C15H19FN2O2S. The Bertz CT molecular complexity index is 630. The van der Waals surface area contributed by atoms with E-state index in [9.17, 15) is 12.8 Å². The van der Waals surface area contributed by atoms with Gasteiger partial charge in [-0.05, 0) is 25.0 Å². The van der Waals surface area contributed by atoms with Gasteiger partial charge in [-0.15, -0.1) is 0 Å². The predicted octanol–water partition coefficient (Wildman–Crippen LogP) is 3.09. The van der Waals surface area contributed by atoms with E-state index in [2.05, 4.69) is 4.72 Å². The second-order valence-corrected chi connectivity index (χ2v) is 7.07. The molecular weight excluding hydrogens is 291 g/mol. The SMILES string of the molecule is N#Cc1c(F)cccc1S(=O)(=O)NC1CCCCCCC1. The van der Waals surface area contributed by atoms with Crippen LogP contribution < -0.4 is 4.72 Å². The molecule has 1 aromatic carbocycles. The van der Waals surface area contributed by atoms with Crippen LogP contribution in [0.2, 0.25) is 0 Å². The molecule has 0 bridgehead atoms. The summed E-state index contributed by atoms with van der Waals surface area (Å²) in [7, 11) is -3.87. The molecule has 1 N–H and O–H groups in total. The van der Waals surface area contributed by atoms with Gasteiger partial charge in [0.2, 0.25) is 10.0 Å². The first-order valence-corrected chi connectivity index (χ1v) is 8.74. The van der Waals surface area contributed by atoms with E-state index in [1.54, 1.807) is 6.07 Å². The molecule has 1 aliphatic carbocycles. The lowest BCUT2D eigenvalue weighted by Crippen LogP contribution is -2.35. The molecule has 0 saturated heterocycles. The first kappa shape index (κ1) is 15.9. The van der Waals surface area contributed by atoms with Gasteiger partial charge < -0.3 is 0 Å². The molecule has 0 amide bonds. The molecule has 1 aliphatic rings. The second-order valence-electron chi connectivity index (χ2n) is 5.39. The lowest BCUT2D eigenvalue weighted by molar-refractivity contribution is 0.426. The molecule has 0 atom stereocenters. The molecule has 1 fully saturated rings. The molecule has 4 nitrogen and oxygen atoms in total. The molecule has 0 aliphatic heterocycles. The molecule has 0 unspecified atom stereocenters. The van der Waals surface area contributed by atoms with E-state index in [-0.39, 0.29) is 10.9 Å². The smallest absolute Gasteiger partial charge is 0.208 e. The maximum absolute atomic E-state index is 13.6. The van der Waals surface area contributed by atoms with Crippen LogP contribution in [-0.4, -0.2) is 14.5 Å². The van der Waals surface area contributed by atoms with Crippen molar-refractivity contribution in [3.8, 4) is 6.07 Å². The number of benzene rings is 1. The van der Waals surface area contributed by atoms with Crippen molar-refractivity contribution in [2.45, 2.75) is 55.9 Å². The average Bonchev–Trinajstić information content (AvgIpc) is 2.41. The number of halogens is 1. The van der Waals surface area contributed by atoms with E-state index in [1.807, 2.05) is 0 Å². The molecule has 6 heteroatoms. The van der Waals surface area contributed by atoms with Crippen LogP contribution in [0.15, 0.2) is 23.1 Å². The van der Waals surface area contributed by atoms with Crippen molar-refractivity contribution in [1.82, 2.24) is 4.72 Å². The van der Waals surface area contributed by atoms with E-state index < -0.39 is 21.4 Å². The van der Waals surface area contributed by atoms with Crippen LogP contribution in [0, 0.1) is 17.1 Å². The normalized spacial score (nSPS) is 17.7. The number of nitriles is 1. The summed E-state index contributed by atoms with van der Waals surface area (Å²) in [4.78, 5) is -0.271. The van der Waals surface area contributed by atoms with Crippen molar-refractivity contribution >= 4 is 10.0 Å². The van der Waals surface area contributed by atoms with Crippen LogP contribution in [0.25, 0.3) is 0 Å². The maximum atomic E-state index is 13.6. The third kappa shape index (κ3) is 4.02. The predicted molar refractivity (Wildman–Crippen MR) is 77.5 cm³/mol. The summed E-state index contributed by atoms with van der Waals surface area (Å²) in [5, 5.41) is 8.97. The summed E-state index contributed by atoms with van der Waals surface area (Å²) in [6.45, 7) is 0. The molecule has 1 saturated carbocycles. The largest absolute Gasteiger partial charge is 0.242 e. The van der Waals surface area contributed by atoms with E-state index in [0.717, 1.165) is 44.6 Å². The third-order valence-corrected chi connectivity index (χ3v) is 5.37. The summed E-state index contributed by atoms with van der Waals surface area (Å²) in [5.74, 6) is -0.807. The van der Waals surface area contributed by atoms with E-state index >= 15 is 0 Å². The van der Waals surface area contributed by atoms with Crippen molar-refractivity contribution in [2.24, 2.45) is 0 Å². The van der Waals surface area contributed by atoms with Gasteiger partial charge >= 0.3 is 0 Å². The van der Waals surface area contributed by atoms with Crippen molar-refractivity contribution in [2.75, 3.05) is 0 Å². The van der Waals surface area contributed by atoms with Gasteiger partial charge in [0.25, 0.3) is 0 Å². The van der Waals surface area contributed by atoms with Crippen LogP contribution in [-0.2, 0) is 10.0 Å². The molecule has 0 spiro atoms. The minimum atomic E-state index is -3.87. The Morgan fingerprint density at radius 3 is 2.38 bits per heavy atom.